The molecule has 0 heterocycles. The molecule has 1 N–H and O–H groups in total. The second-order valence-corrected chi connectivity index (χ2v) is 5.96. The lowest BCUT2D eigenvalue weighted by atomic mass is 10.1. The fourth-order valence-corrected chi connectivity index (χ4v) is 2.03. The minimum absolute atomic E-state index is 0.212. The molecule has 0 saturated heterocycles. The van der Waals surface area contributed by atoms with Crippen LogP contribution in [0.15, 0.2) is 18.2 Å². The summed E-state index contributed by atoms with van der Waals surface area (Å²) in [5.74, 6) is 0.549. The number of nitro benzene ring substituents is 2. The molecule has 27 heavy (non-hydrogen) atoms. The average molecular weight is 385 g/mol. The summed E-state index contributed by atoms with van der Waals surface area (Å²) in [5.41, 5.74) is -0.456. The Labute approximate surface area is 158 Å². The van der Waals surface area contributed by atoms with Crippen LogP contribution in [0.25, 0.3) is 0 Å². The third-order valence-electron chi connectivity index (χ3n) is 3.79. The molecule has 0 amide bonds. The van der Waals surface area contributed by atoms with E-state index in [4.69, 9.17) is 14.2 Å². The van der Waals surface area contributed by atoms with Crippen molar-refractivity contribution in [2.75, 3.05) is 51.5 Å². The SMILES string of the molecule is CCC(C)COCCOCCOCCNc1ccc([N+](=O)[O-])cc1[N+](=O)[O-]. The Kier molecular flexibility index (Phi) is 10.9. The Morgan fingerprint density at radius 1 is 1.00 bits per heavy atom. The maximum absolute atomic E-state index is 11.0. The molecule has 1 unspecified atom stereocenters. The Balaban J connectivity index is 2.15. The Hall–Kier alpha value is -2.30. The normalized spacial score (nSPS) is 11.9. The highest BCUT2D eigenvalue weighted by Crippen LogP contribution is 2.28. The van der Waals surface area contributed by atoms with Gasteiger partial charge in [-0.15, -0.1) is 0 Å². The lowest BCUT2D eigenvalue weighted by molar-refractivity contribution is -0.393. The molecular weight excluding hydrogens is 358 g/mol. The van der Waals surface area contributed by atoms with E-state index in [0.29, 0.717) is 45.5 Å². The first-order valence-corrected chi connectivity index (χ1v) is 8.85. The molecule has 1 rings (SSSR count). The van der Waals surface area contributed by atoms with Gasteiger partial charge in [-0.1, -0.05) is 20.3 Å². The predicted octanol–water partition coefficient (Wildman–Crippen LogP) is 3.01. The van der Waals surface area contributed by atoms with Crippen LogP contribution in [0, 0.1) is 26.1 Å². The molecule has 0 aliphatic rings. The van der Waals surface area contributed by atoms with Crippen LogP contribution in [0.5, 0.6) is 0 Å². The number of rotatable bonds is 15. The van der Waals surface area contributed by atoms with Crippen molar-refractivity contribution < 1.29 is 24.1 Å². The molecule has 0 spiro atoms. The van der Waals surface area contributed by atoms with E-state index in [1.54, 1.807) is 0 Å². The zero-order chi connectivity index (χ0) is 20.1. The first-order chi connectivity index (χ1) is 13.0. The number of nitrogens with one attached hydrogen (secondary N) is 1. The molecule has 1 atom stereocenters. The van der Waals surface area contributed by atoms with E-state index in [9.17, 15) is 20.2 Å². The monoisotopic (exact) mass is 385 g/mol. The first kappa shape index (κ1) is 22.7. The molecule has 0 radical (unpaired) electrons. The summed E-state index contributed by atoms with van der Waals surface area (Å²) in [5, 5.41) is 24.6. The highest BCUT2D eigenvalue weighted by atomic mass is 16.6. The predicted molar refractivity (Wildman–Crippen MR) is 100 cm³/mol. The maximum Gasteiger partial charge on any atom is 0.299 e. The van der Waals surface area contributed by atoms with Crippen LogP contribution in [0.4, 0.5) is 17.1 Å². The minimum Gasteiger partial charge on any atom is -0.379 e. The van der Waals surface area contributed by atoms with E-state index in [1.807, 2.05) is 0 Å². The van der Waals surface area contributed by atoms with E-state index >= 15 is 0 Å². The van der Waals surface area contributed by atoms with Gasteiger partial charge in [0.1, 0.15) is 5.69 Å². The highest BCUT2D eigenvalue weighted by molar-refractivity contribution is 5.65. The van der Waals surface area contributed by atoms with E-state index in [0.717, 1.165) is 19.1 Å². The second-order valence-electron chi connectivity index (χ2n) is 5.96. The Morgan fingerprint density at radius 2 is 1.63 bits per heavy atom. The van der Waals surface area contributed by atoms with E-state index in [1.165, 1.54) is 12.1 Å². The van der Waals surface area contributed by atoms with Crippen molar-refractivity contribution in [2.24, 2.45) is 5.92 Å². The van der Waals surface area contributed by atoms with Crippen molar-refractivity contribution in [3.8, 4) is 0 Å². The van der Waals surface area contributed by atoms with Crippen LogP contribution in [0.1, 0.15) is 20.3 Å². The molecule has 0 aliphatic carbocycles. The van der Waals surface area contributed by atoms with Gasteiger partial charge in [-0.25, -0.2) is 0 Å². The molecule has 0 saturated carbocycles. The zero-order valence-corrected chi connectivity index (χ0v) is 15.7. The number of nitrogens with zero attached hydrogens (tertiary/aromatic N) is 2. The van der Waals surface area contributed by atoms with E-state index in [-0.39, 0.29) is 17.1 Å². The van der Waals surface area contributed by atoms with Gasteiger partial charge in [0.05, 0.1) is 48.9 Å². The van der Waals surface area contributed by atoms with Crippen LogP contribution in [0.3, 0.4) is 0 Å². The van der Waals surface area contributed by atoms with Crippen molar-refractivity contribution in [3.63, 3.8) is 0 Å². The lowest BCUT2D eigenvalue weighted by Crippen LogP contribution is -2.15. The van der Waals surface area contributed by atoms with Crippen LogP contribution in [-0.4, -0.2) is 56.0 Å². The molecule has 0 aromatic heterocycles. The van der Waals surface area contributed by atoms with Crippen LogP contribution < -0.4 is 5.32 Å². The van der Waals surface area contributed by atoms with Gasteiger partial charge in [-0.2, -0.15) is 0 Å². The summed E-state index contributed by atoms with van der Waals surface area (Å²) in [6.07, 6.45) is 1.09. The molecular formula is C17H27N3O7. The molecule has 10 nitrogen and oxygen atoms in total. The highest BCUT2D eigenvalue weighted by Gasteiger charge is 2.18. The average Bonchev–Trinajstić information content (AvgIpc) is 2.65. The third-order valence-corrected chi connectivity index (χ3v) is 3.79. The number of ether oxygens (including phenoxy) is 3. The third kappa shape index (κ3) is 9.27. The van der Waals surface area contributed by atoms with Gasteiger partial charge in [0.15, 0.2) is 0 Å². The molecule has 1 aromatic carbocycles. The number of hydrogen-bond donors (Lipinski definition) is 1. The van der Waals surface area contributed by atoms with Crippen molar-refractivity contribution >= 4 is 17.1 Å². The Bertz CT molecular complexity index is 598. The molecule has 1 aromatic rings. The fraction of sp³-hybridized carbons (Fsp3) is 0.647. The summed E-state index contributed by atoms with van der Waals surface area (Å²) in [6, 6.07) is 3.46. The van der Waals surface area contributed by atoms with Gasteiger partial charge in [0.25, 0.3) is 11.4 Å². The minimum atomic E-state index is -0.671. The maximum atomic E-state index is 11.0. The smallest absolute Gasteiger partial charge is 0.299 e. The molecule has 0 aliphatic heterocycles. The summed E-state index contributed by atoms with van der Waals surface area (Å²) in [4.78, 5) is 20.4. The number of non-ortho nitro benzene ring substituents is 1. The summed E-state index contributed by atoms with van der Waals surface area (Å²) >= 11 is 0. The molecule has 152 valence electrons. The number of nitro groups is 2. The van der Waals surface area contributed by atoms with Gasteiger partial charge in [0, 0.05) is 19.2 Å². The van der Waals surface area contributed by atoms with Crippen molar-refractivity contribution in [1.82, 2.24) is 0 Å². The van der Waals surface area contributed by atoms with Gasteiger partial charge in [-0.3, -0.25) is 20.2 Å². The summed E-state index contributed by atoms with van der Waals surface area (Å²) in [7, 11) is 0. The van der Waals surface area contributed by atoms with Gasteiger partial charge >= 0.3 is 0 Å². The van der Waals surface area contributed by atoms with Crippen LogP contribution >= 0.6 is 0 Å². The van der Waals surface area contributed by atoms with E-state index in [2.05, 4.69) is 19.2 Å². The zero-order valence-electron chi connectivity index (χ0n) is 15.7. The van der Waals surface area contributed by atoms with Gasteiger partial charge < -0.3 is 19.5 Å². The first-order valence-electron chi connectivity index (χ1n) is 8.85. The number of anilines is 1. The van der Waals surface area contributed by atoms with Crippen molar-refractivity contribution in [3.05, 3.63) is 38.4 Å². The van der Waals surface area contributed by atoms with Crippen LogP contribution in [-0.2, 0) is 14.2 Å². The summed E-state index contributed by atoms with van der Waals surface area (Å²) < 4.78 is 16.2. The molecule has 0 bridgehead atoms. The largest absolute Gasteiger partial charge is 0.379 e. The van der Waals surface area contributed by atoms with Crippen molar-refractivity contribution in [1.29, 1.82) is 0 Å². The Morgan fingerprint density at radius 3 is 2.22 bits per heavy atom. The fourth-order valence-electron chi connectivity index (χ4n) is 2.03. The quantitative estimate of drug-likeness (QED) is 0.277. The standard InChI is InChI=1S/C17H27N3O7/c1-3-14(2)13-27-11-10-26-9-8-25-7-6-18-16-5-4-15(19(21)22)12-17(16)20(23)24/h4-5,12,14,18H,3,6-11,13H2,1-2H3. The van der Waals surface area contributed by atoms with Crippen LogP contribution in [0.2, 0.25) is 0 Å². The lowest BCUT2D eigenvalue weighted by Gasteiger charge is -2.10. The van der Waals surface area contributed by atoms with Gasteiger partial charge in [-0.05, 0) is 12.0 Å². The number of hydrogen-bond acceptors (Lipinski definition) is 8. The van der Waals surface area contributed by atoms with Gasteiger partial charge in [0.2, 0.25) is 0 Å². The van der Waals surface area contributed by atoms with E-state index < -0.39 is 9.85 Å². The molecule has 0 fully saturated rings. The summed E-state index contributed by atoms with van der Waals surface area (Å²) in [6.45, 7) is 7.53. The molecule has 10 heteroatoms. The second kappa shape index (κ2) is 13.0. The topological polar surface area (TPSA) is 126 Å². The number of benzene rings is 1. The van der Waals surface area contributed by atoms with Crippen molar-refractivity contribution in [2.45, 2.75) is 20.3 Å².